The summed E-state index contributed by atoms with van der Waals surface area (Å²) in [4.78, 5) is 0. The summed E-state index contributed by atoms with van der Waals surface area (Å²) in [5.74, 6) is -0.180. The minimum atomic E-state index is -0.392. The van der Waals surface area contributed by atoms with Gasteiger partial charge in [-0.05, 0) is 12.1 Å². The van der Waals surface area contributed by atoms with E-state index in [1.807, 2.05) is 6.07 Å². The fourth-order valence-electron chi connectivity index (χ4n) is 1.29. The summed E-state index contributed by atoms with van der Waals surface area (Å²) < 4.78 is 18.9. The molecule has 0 saturated heterocycles. The van der Waals surface area contributed by atoms with E-state index >= 15 is 0 Å². The molecule has 1 heterocycles. The fourth-order valence-corrected chi connectivity index (χ4v) is 2.22. The standard InChI is InChI=1S/C10H6FNOS/c1-13-8-3-2-7-6(4-12)5-14-10(7)9(8)11/h2-3,5H,1H3. The third kappa shape index (κ3) is 1.14. The quantitative estimate of drug-likeness (QED) is 0.720. The first-order valence-corrected chi connectivity index (χ1v) is 4.79. The first-order chi connectivity index (χ1) is 6.77. The molecule has 0 radical (unpaired) electrons. The van der Waals surface area contributed by atoms with Gasteiger partial charge in [-0.1, -0.05) is 0 Å². The van der Waals surface area contributed by atoms with Crippen LogP contribution < -0.4 is 4.74 Å². The molecule has 1 aromatic heterocycles. The van der Waals surface area contributed by atoms with Crippen molar-refractivity contribution in [3.63, 3.8) is 0 Å². The molecule has 0 fully saturated rings. The average molecular weight is 207 g/mol. The Kier molecular flexibility index (Phi) is 2.10. The molecule has 0 saturated carbocycles. The van der Waals surface area contributed by atoms with Crippen LogP contribution in [0, 0.1) is 17.1 Å². The summed E-state index contributed by atoms with van der Waals surface area (Å²) in [6.45, 7) is 0. The predicted molar refractivity (Wildman–Crippen MR) is 53.1 cm³/mol. The van der Waals surface area contributed by atoms with Crippen LogP contribution in [0.2, 0.25) is 0 Å². The van der Waals surface area contributed by atoms with E-state index in [9.17, 15) is 4.39 Å². The molecule has 1 aromatic carbocycles. The van der Waals surface area contributed by atoms with Crippen LogP contribution in [0.5, 0.6) is 5.75 Å². The van der Waals surface area contributed by atoms with E-state index in [1.54, 1.807) is 11.4 Å². The highest BCUT2D eigenvalue weighted by atomic mass is 32.1. The van der Waals surface area contributed by atoms with Crippen LogP contribution in [0.25, 0.3) is 10.1 Å². The van der Waals surface area contributed by atoms with Gasteiger partial charge < -0.3 is 4.74 Å². The summed E-state index contributed by atoms with van der Waals surface area (Å²) in [5.41, 5.74) is 0.506. The number of nitriles is 1. The summed E-state index contributed by atoms with van der Waals surface area (Å²) in [7, 11) is 1.42. The molecule has 0 atom stereocenters. The lowest BCUT2D eigenvalue weighted by Crippen LogP contribution is -1.87. The number of rotatable bonds is 1. The summed E-state index contributed by atoms with van der Waals surface area (Å²) in [6, 6.07) is 5.25. The molecule has 2 aromatic rings. The molecule has 70 valence electrons. The third-order valence-electron chi connectivity index (χ3n) is 1.99. The molecule has 0 aliphatic carbocycles. The van der Waals surface area contributed by atoms with E-state index in [0.29, 0.717) is 15.6 Å². The fraction of sp³-hybridized carbons (Fsp3) is 0.100. The summed E-state index contributed by atoms with van der Waals surface area (Å²) in [6.07, 6.45) is 0. The number of thiophene rings is 1. The highest BCUT2D eigenvalue weighted by Crippen LogP contribution is 2.32. The van der Waals surface area contributed by atoms with E-state index in [0.717, 1.165) is 0 Å². The zero-order chi connectivity index (χ0) is 10.1. The molecular formula is C10H6FNOS. The second kappa shape index (κ2) is 3.28. The van der Waals surface area contributed by atoms with E-state index in [4.69, 9.17) is 10.00 Å². The zero-order valence-corrected chi connectivity index (χ0v) is 8.19. The van der Waals surface area contributed by atoms with Crippen molar-refractivity contribution in [2.45, 2.75) is 0 Å². The van der Waals surface area contributed by atoms with E-state index < -0.39 is 5.82 Å². The van der Waals surface area contributed by atoms with Gasteiger partial charge in [-0.2, -0.15) is 5.26 Å². The van der Waals surface area contributed by atoms with Crippen LogP contribution in [0.15, 0.2) is 17.5 Å². The smallest absolute Gasteiger partial charge is 0.182 e. The van der Waals surface area contributed by atoms with Crippen LogP contribution in [-0.2, 0) is 0 Å². The van der Waals surface area contributed by atoms with Crippen molar-refractivity contribution in [2.24, 2.45) is 0 Å². The lowest BCUT2D eigenvalue weighted by atomic mass is 10.2. The second-order valence-corrected chi connectivity index (χ2v) is 3.60. The van der Waals surface area contributed by atoms with Gasteiger partial charge in [0.15, 0.2) is 11.6 Å². The van der Waals surface area contributed by atoms with Crippen LogP contribution in [0.4, 0.5) is 4.39 Å². The number of fused-ring (bicyclic) bond motifs is 1. The minimum absolute atomic E-state index is 0.212. The van der Waals surface area contributed by atoms with Crippen molar-refractivity contribution < 1.29 is 9.13 Å². The number of halogens is 1. The van der Waals surface area contributed by atoms with Crippen LogP contribution in [-0.4, -0.2) is 7.11 Å². The molecule has 0 amide bonds. The first kappa shape index (κ1) is 8.97. The molecule has 0 aliphatic heterocycles. The highest BCUT2D eigenvalue weighted by molar-refractivity contribution is 7.17. The number of ether oxygens (including phenoxy) is 1. The number of methoxy groups -OCH3 is 1. The molecule has 14 heavy (non-hydrogen) atoms. The molecule has 0 spiro atoms. The van der Waals surface area contributed by atoms with Gasteiger partial charge in [0.25, 0.3) is 0 Å². The van der Waals surface area contributed by atoms with Gasteiger partial charge in [0.1, 0.15) is 6.07 Å². The van der Waals surface area contributed by atoms with Gasteiger partial charge in [0, 0.05) is 10.8 Å². The maximum absolute atomic E-state index is 13.6. The van der Waals surface area contributed by atoms with Gasteiger partial charge in [-0.3, -0.25) is 0 Å². The molecular weight excluding hydrogens is 201 g/mol. The lowest BCUT2D eigenvalue weighted by molar-refractivity contribution is 0.389. The van der Waals surface area contributed by atoms with Crippen LogP contribution in [0.1, 0.15) is 5.56 Å². The van der Waals surface area contributed by atoms with Gasteiger partial charge in [-0.25, -0.2) is 4.39 Å². The molecule has 4 heteroatoms. The minimum Gasteiger partial charge on any atom is -0.494 e. The summed E-state index contributed by atoms with van der Waals surface area (Å²) >= 11 is 1.22. The van der Waals surface area contributed by atoms with Gasteiger partial charge in [0.2, 0.25) is 0 Å². The number of benzene rings is 1. The summed E-state index contributed by atoms with van der Waals surface area (Å²) in [5, 5.41) is 11.0. The Morgan fingerprint density at radius 3 is 2.93 bits per heavy atom. The van der Waals surface area contributed by atoms with Gasteiger partial charge in [-0.15, -0.1) is 11.3 Å². The topological polar surface area (TPSA) is 33.0 Å². The highest BCUT2D eigenvalue weighted by Gasteiger charge is 2.11. The van der Waals surface area contributed by atoms with Crippen molar-refractivity contribution in [2.75, 3.05) is 7.11 Å². The monoisotopic (exact) mass is 207 g/mol. The maximum Gasteiger partial charge on any atom is 0.182 e. The molecule has 2 rings (SSSR count). The first-order valence-electron chi connectivity index (χ1n) is 3.91. The number of hydrogen-bond donors (Lipinski definition) is 0. The zero-order valence-electron chi connectivity index (χ0n) is 7.37. The average Bonchev–Trinajstić information content (AvgIpc) is 2.62. The second-order valence-electron chi connectivity index (χ2n) is 2.72. The van der Waals surface area contributed by atoms with E-state index in [2.05, 4.69) is 0 Å². The Morgan fingerprint density at radius 2 is 2.29 bits per heavy atom. The normalized spacial score (nSPS) is 10.1. The van der Waals surface area contributed by atoms with Crippen molar-refractivity contribution in [3.05, 3.63) is 28.9 Å². The van der Waals surface area contributed by atoms with Crippen LogP contribution in [0.3, 0.4) is 0 Å². The van der Waals surface area contributed by atoms with Crippen molar-refractivity contribution in [3.8, 4) is 11.8 Å². The maximum atomic E-state index is 13.6. The SMILES string of the molecule is COc1ccc2c(C#N)csc2c1F. The van der Waals surface area contributed by atoms with Crippen LogP contribution >= 0.6 is 11.3 Å². The molecule has 0 aliphatic rings. The van der Waals surface area contributed by atoms with Crippen molar-refractivity contribution in [1.29, 1.82) is 5.26 Å². The molecule has 0 unspecified atom stereocenters. The number of hydrogen-bond acceptors (Lipinski definition) is 3. The number of nitrogens with zero attached hydrogens (tertiary/aromatic N) is 1. The van der Waals surface area contributed by atoms with Gasteiger partial charge >= 0.3 is 0 Å². The largest absolute Gasteiger partial charge is 0.494 e. The van der Waals surface area contributed by atoms with Gasteiger partial charge in [0.05, 0.1) is 17.4 Å². The Balaban J connectivity index is 2.80. The van der Waals surface area contributed by atoms with E-state index in [1.165, 1.54) is 24.5 Å². The van der Waals surface area contributed by atoms with Crippen molar-refractivity contribution >= 4 is 21.4 Å². The Hall–Kier alpha value is -1.60. The molecule has 0 bridgehead atoms. The molecule has 0 N–H and O–H groups in total. The Labute approximate surface area is 84.2 Å². The Bertz CT molecular complexity index is 527. The third-order valence-corrected chi connectivity index (χ3v) is 2.98. The predicted octanol–water partition coefficient (Wildman–Crippen LogP) is 2.92. The molecule has 2 nitrogen and oxygen atoms in total. The van der Waals surface area contributed by atoms with Crippen molar-refractivity contribution in [1.82, 2.24) is 0 Å². The Morgan fingerprint density at radius 1 is 1.50 bits per heavy atom. The lowest BCUT2D eigenvalue weighted by Gasteiger charge is -2.01. The van der Waals surface area contributed by atoms with E-state index in [-0.39, 0.29) is 5.75 Å².